The van der Waals surface area contributed by atoms with E-state index in [2.05, 4.69) is 89.0 Å². The Morgan fingerprint density at radius 3 is 1.29 bits per heavy atom. The number of aryl methyl sites for hydroxylation is 2. The Hall–Kier alpha value is -7.80. The Balaban J connectivity index is 0.000000227. The lowest BCUT2D eigenvalue weighted by atomic mass is 9.88. The summed E-state index contributed by atoms with van der Waals surface area (Å²) in [5, 5.41) is 20.0. The first-order valence-corrected chi connectivity index (χ1v) is 35.2. The highest BCUT2D eigenvalue weighted by molar-refractivity contribution is 7.87. The van der Waals surface area contributed by atoms with Crippen LogP contribution >= 0.6 is 0 Å². The predicted molar refractivity (Wildman–Crippen MR) is 365 cm³/mol. The van der Waals surface area contributed by atoms with E-state index in [0.717, 1.165) is 54.4 Å². The van der Waals surface area contributed by atoms with E-state index in [1.54, 1.807) is 18.6 Å². The van der Waals surface area contributed by atoms with Crippen molar-refractivity contribution in [2.24, 2.45) is 28.8 Å². The van der Waals surface area contributed by atoms with Gasteiger partial charge in [0.15, 0.2) is 0 Å². The van der Waals surface area contributed by atoms with Gasteiger partial charge >= 0.3 is 16.2 Å². The van der Waals surface area contributed by atoms with Crippen molar-refractivity contribution >= 4 is 67.4 Å². The van der Waals surface area contributed by atoms with E-state index < -0.39 is 85.2 Å². The molecule has 528 valence electrons. The molecule has 6 heterocycles. The summed E-state index contributed by atoms with van der Waals surface area (Å²) in [5.41, 5.74) is 6.39. The number of benzene rings is 4. The zero-order chi connectivity index (χ0) is 71.2. The molecule has 4 aliphatic rings. The van der Waals surface area contributed by atoms with Crippen LogP contribution in [0.4, 0.5) is 40.8 Å². The van der Waals surface area contributed by atoms with E-state index in [1.807, 2.05) is 68.1 Å². The maximum Gasteiger partial charge on any atom is 0.306 e. The third-order valence-electron chi connectivity index (χ3n) is 18.6. The lowest BCUT2D eigenvalue weighted by molar-refractivity contribution is -0.142. The van der Waals surface area contributed by atoms with Crippen LogP contribution in [0.15, 0.2) is 97.6 Å². The molecule has 3 amide bonds. The van der Waals surface area contributed by atoms with Crippen LogP contribution in [0.3, 0.4) is 0 Å². The Morgan fingerprint density at radius 1 is 0.567 bits per heavy atom. The summed E-state index contributed by atoms with van der Waals surface area (Å²) in [6.07, 6.45) is 9.03. The van der Waals surface area contributed by atoms with Crippen LogP contribution in [-0.2, 0) is 52.7 Å². The van der Waals surface area contributed by atoms with Crippen molar-refractivity contribution in [3.8, 4) is 0 Å². The van der Waals surface area contributed by atoms with Crippen LogP contribution in [0.5, 0.6) is 0 Å². The quantitative estimate of drug-likeness (QED) is 0.0539. The monoisotopic (exact) mass is 1390 g/mol. The number of carboxylic acid groups (broad SMARTS) is 1. The number of aliphatic carboxylic acids is 1. The molecule has 0 bridgehead atoms. The highest BCUT2D eigenvalue weighted by Gasteiger charge is 2.45. The number of imidazole rings is 2. The summed E-state index contributed by atoms with van der Waals surface area (Å²) in [7, 11) is -1.78. The largest absolute Gasteiger partial charge is 0.481 e. The fraction of sp³-hybridized carbons (Fsp3) is 0.500. The molecule has 4 saturated heterocycles. The van der Waals surface area contributed by atoms with Gasteiger partial charge in [-0.05, 0) is 139 Å². The summed E-state index contributed by atoms with van der Waals surface area (Å²) in [5.74, 6) is -6.44. The molecule has 4 fully saturated rings. The lowest BCUT2D eigenvalue weighted by Gasteiger charge is -2.34. The molecule has 0 saturated carbocycles. The van der Waals surface area contributed by atoms with Crippen LogP contribution in [-0.4, -0.2) is 175 Å². The number of amides is 3. The van der Waals surface area contributed by atoms with Crippen LogP contribution in [0, 0.1) is 60.8 Å². The average Bonchev–Trinajstić information content (AvgIpc) is 1.67. The van der Waals surface area contributed by atoms with Gasteiger partial charge in [0, 0.05) is 158 Å². The normalized spacial score (nSPS) is 19.3. The van der Waals surface area contributed by atoms with Crippen molar-refractivity contribution < 1.29 is 58.7 Å². The topological polar surface area (TPSA) is 274 Å². The maximum atomic E-state index is 15.0. The molecule has 6 aromatic rings. The zero-order valence-corrected chi connectivity index (χ0v) is 58.8. The first kappa shape index (κ1) is 75.0. The molecule has 6 N–H and O–H groups in total. The van der Waals surface area contributed by atoms with Gasteiger partial charge in [0.05, 0.1) is 30.8 Å². The fourth-order valence-electron chi connectivity index (χ4n) is 12.6. The van der Waals surface area contributed by atoms with E-state index in [4.69, 9.17) is 0 Å². The number of anilines is 4. The van der Waals surface area contributed by atoms with Crippen molar-refractivity contribution in [3.63, 3.8) is 0 Å². The summed E-state index contributed by atoms with van der Waals surface area (Å²) >= 11 is 0. The molecule has 23 nitrogen and oxygen atoms in total. The van der Waals surface area contributed by atoms with Crippen molar-refractivity contribution in [2.45, 2.75) is 117 Å². The number of likely N-dealkylation sites (tertiary alicyclic amines) is 2. The molecule has 4 aromatic carbocycles. The number of piperidine rings is 2. The third-order valence-corrected chi connectivity index (χ3v) is 21.0. The van der Waals surface area contributed by atoms with Gasteiger partial charge in [0.25, 0.3) is 10.2 Å². The summed E-state index contributed by atoms with van der Waals surface area (Å²) in [6.45, 7) is 21.4. The van der Waals surface area contributed by atoms with Crippen LogP contribution in [0.1, 0.15) is 112 Å². The zero-order valence-electron chi connectivity index (χ0n) is 57.2. The van der Waals surface area contributed by atoms with Gasteiger partial charge in [-0.3, -0.25) is 39.6 Å². The Morgan fingerprint density at radius 2 is 0.948 bits per heavy atom. The van der Waals surface area contributed by atoms with E-state index in [0.29, 0.717) is 114 Å². The van der Waals surface area contributed by atoms with Gasteiger partial charge in [0.1, 0.15) is 23.3 Å². The van der Waals surface area contributed by atoms with Gasteiger partial charge in [-0.2, -0.15) is 25.4 Å². The highest BCUT2D eigenvalue weighted by atomic mass is 32.2. The minimum Gasteiger partial charge on any atom is -0.481 e. The molecule has 0 unspecified atom stereocenters. The van der Waals surface area contributed by atoms with Crippen LogP contribution in [0.2, 0.25) is 0 Å². The van der Waals surface area contributed by atoms with Gasteiger partial charge < -0.3 is 24.0 Å². The number of carboxylic acids is 1. The van der Waals surface area contributed by atoms with Crippen LogP contribution < -0.4 is 30.3 Å². The molecular formula is C68H92F4N14O9S2. The number of rotatable bonds is 17. The molecule has 0 aliphatic carbocycles. The number of hydrogen-bond acceptors (Lipinski definition) is 14. The third kappa shape index (κ3) is 19.1. The first-order chi connectivity index (χ1) is 45.4. The minimum absolute atomic E-state index is 0.233. The number of halogens is 4. The number of nitrogens with one attached hydrogen (secondary N) is 3. The second kappa shape index (κ2) is 31.0. The average molecular weight is 1390 g/mol. The Labute approximate surface area is 566 Å². The molecule has 2 aromatic heterocycles. The SMILES string of the molecule is CN(C)S(N)(=O)=O.Cc1ccc(Cn2ccnc2NC(=O)[C@@H]2CN(C(C)(C)C)C[C@H]2c2ccc(F)cc2F)c(N2CCC(C(=O)NS(=O)(=O)N(C)C)CC2)c1.Cc1ccc(Cn2ccnc2NC(=O)[C@@H]2CN(C(C)(C)C)C[C@H]2c2ccc(F)cc2F)c(N2CCC(C(=O)O)CC2)c1. The predicted octanol–water partition coefficient (Wildman–Crippen LogP) is 8.13. The molecular weight excluding hydrogens is 1300 g/mol. The number of hydrogen-bond donors (Lipinski definition) is 5. The van der Waals surface area contributed by atoms with E-state index in [9.17, 15) is 58.7 Å². The lowest BCUT2D eigenvalue weighted by Crippen LogP contribution is -2.45. The standard InChI is InChI=1S/C34H45F2N7O4S.C32H39F2N5O3.C2H8N2O2S/c1-22-7-8-24(30(17-22)41-14-11-23(12-15-41)31(44)39-48(46,47)40(5)6)19-42-16-13-37-33(42)38-32(45)28-21-43(34(2,3)4)20-27(28)26-10-9-25(35)18-29(26)36;1-20-5-6-22(28(15-20)37-12-9-21(10-13-37)30(41)42)17-38-14-11-35-31(38)36-29(40)26-19-39(32(2,3)4)18-25(26)24-8-7-23(33)16-27(24)34;1-4(2)7(3,5)6/h7-10,13,16-18,23,27-28H,11-12,14-15,19-21H2,1-6H3,(H,39,44)(H,37,38,45);5-8,11,14-16,21,25-26H,9-10,12-13,17-19H2,1-4H3,(H,41,42)(H,35,36,40);1-2H3,(H2,3,5,6)/t27-,28+;25-,26+;/m00./s1. The van der Waals surface area contributed by atoms with E-state index >= 15 is 0 Å². The molecule has 0 radical (unpaired) electrons. The Kier molecular flexibility index (Phi) is 23.9. The van der Waals surface area contributed by atoms with Crippen molar-refractivity contribution in [3.05, 3.63) is 154 Å². The number of carbonyl (C=O) groups is 4. The van der Waals surface area contributed by atoms with E-state index in [1.165, 1.54) is 52.5 Å². The smallest absolute Gasteiger partial charge is 0.306 e. The van der Waals surface area contributed by atoms with Gasteiger partial charge in [-0.15, -0.1) is 0 Å². The molecule has 4 atom stereocenters. The van der Waals surface area contributed by atoms with Crippen molar-refractivity contribution in [1.29, 1.82) is 0 Å². The summed E-state index contributed by atoms with van der Waals surface area (Å²) in [4.78, 5) is 69.3. The van der Waals surface area contributed by atoms with Gasteiger partial charge in [0.2, 0.25) is 29.6 Å². The molecule has 0 spiro atoms. The number of nitrogens with zero attached hydrogens (tertiary/aromatic N) is 10. The Bertz CT molecular complexity index is 4030. The minimum atomic E-state index is -3.85. The highest BCUT2D eigenvalue weighted by Crippen LogP contribution is 2.41. The van der Waals surface area contributed by atoms with Crippen LogP contribution in [0.25, 0.3) is 0 Å². The maximum absolute atomic E-state index is 15.0. The number of carbonyl (C=O) groups excluding carboxylic acids is 3. The summed E-state index contributed by atoms with van der Waals surface area (Å²) < 4.78 is 109. The molecule has 4 aliphatic heterocycles. The fourth-order valence-corrected chi connectivity index (χ4v) is 13.2. The second-order valence-corrected chi connectivity index (χ2v) is 31.5. The van der Waals surface area contributed by atoms with Gasteiger partial charge in [-0.1, -0.05) is 36.4 Å². The van der Waals surface area contributed by atoms with Crippen molar-refractivity contribution in [1.82, 2.24) is 42.2 Å². The number of nitrogens with two attached hydrogens (primary N) is 1. The molecule has 29 heteroatoms. The van der Waals surface area contributed by atoms with Crippen molar-refractivity contribution in [2.75, 3.05) is 101 Å². The first-order valence-electron chi connectivity index (χ1n) is 32.3. The number of aromatic nitrogens is 4. The van der Waals surface area contributed by atoms with E-state index in [-0.39, 0.29) is 28.8 Å². The summed E-state index contributed by atoms with van der Waals surface area (Å²) in [6, 6.07) is 19.4. The second-order valence-electron chi connectivity index (χ2n) is 27.9. The molecule has 97 heavy (non-hydrogen) atoms. The van der Waals surface area contributed by atoms with Gasteiger partial charge in [-0.25, -0.2) is 37.4 Å². The molecule has 10 rings (SSSR count).